The summed E-state index contributed by atoms with van der Waals surface area (Å²) in [5.41, 5.74) is 16.9. The molecule has 4 heteroatoms. The molecule has 0 fully saturated rings. The number of anilines is 6. The molecule has 0 amide bonds. The zero-order valence-corrected chi connectivity index (χ0v) is 41.8. The molecule has 4 nitrogen and oxygen atoms in total. The molecular formula is C70H52N2O2. The lowest BCUT2D eigenvalue weighted by Gasteiger charge is -2.32. The van der Waals surface area contributed by atoms with Crippen LogP contribution in [-0.2, 0) is 0 Å². The minimum absolute atomic E-state index is 0.204. The van der Waals surface area contributed by atoms with Crippen molar-refractivity contribution in [3.8, 4) is 22.3 Å². The smallest absolute Gasteiger partial charge is 0.159 e. The van der Waals surface area contributed by atoms with Gasteiger partial charge in [0.25, 0.3) is 0 Å². The molecule has 0 radical (unpaired) electrons. The van der Waals surface area contributed by atoms with Crippen LogP contribution in [0.25, 0.3) is 98.4 Å². The highest BCUT2D eigenvalue weighted by molar-refractivity contribution is 6.30. The van der Waals surface area contributed by atoms with Gasteiger partial charge in [0, 0.05) is 43.4 Å². The molecule has 0 spiro atoms. The van der Waals surface area contributed by atoms with Gasteiger partial charge in [-0.25, -0.2) is 0 Å². The monoisotopic (exact) mass is 952 g/mol. The van der Waals surface area contributed by atoms with Crippen molar-refractivity contribution in [3.05, 3.63) is 242 Å². The Hall–Kier alpha value is -9.12. The molecular weight excluding hydrogens is 901 g/mol. The molecule has 14 rings (SSSR count). The average molecular weight is 953 g/mol. The second-order valence-electron chi connectivity index (χ2n) is 20.3. The summed E-state index contributed by atoms with van der Waals surface area (Å²) in [6.45, 7) is 9.33. The highest BCUT2D eigenvalue weighted by Gasteiger charge is 2.30. The van der Waals surface area contributed by atoms with E-state index in [1.165, 1.54) is 43.4 Å². The van der Waals surface area contributed by atoms with E-state index in [1.54, 1.807) is 0 Å². The van der Waals surface area contributed by atoms with Crippen LogP contribution < -0.4 is 9.80 Å². The van der Waals surface area contributed by atoms with Crippen molar-refractivity contribution in [2.24, 2.45) is 0 Å². The van der Waals surface area contributed by atoms with E-state index in [0.29, 0.717) is 0 Å². The Kier molecular flexibility index (Phi) is 10.2. The SMILES string of the molecule is CC(C)c1cc(N(c2ccccc2-c2ccccc2)c2cccc3c2oc2ccccc23)c2ccc3c(C(C)C)cc(N(c4ccccc4-c4ccccc4)c4cccc5c4oc4ccccc45)c4ccc1c2c34. The van der Waals surface area contributed by atoms with Crippen LogP contribution in [0.4, 0.5) is 34.1 Å². The number of furan rings is 2. The molecule has 2 aromatic heterocycles. The second kappa shape index (κ2) is 17.3. The van der Waals surface area contributed by atoms with Crippen LogP contribution in [0, 0.1) is 0 Å². The molecule has 0 aliphatic heterocycles. The maximum atomic E-state index is 6.96. The number of hydrogen-bond donors (Lipinski definition) is 0. The average Bonchev–Trinajstić information content (AvgIpc) is 4.04. The minimum Gasteiger partial charge on any atom is -0.454 e. The molecule has 354 valence electrons. The Balaban J connectivity index is 1.13. The molecule has 74 heavy (non-hydrogen) atoms. The fourth-order valence-corrected chi connectivity index (χ4v) is 12.0. The fraction of sp³-hybridized carbons (Fsp3) is 0.0857. The third-order valence-corrected chi connectivity index (χ3v) is 15.4. The van der Waals surface area contributed by atoms with E-state index < -0.39 is 0 Å². The van der Waals surface area contributed by atoms with Gasteiger partial charge in [0.1, 0.15) is 11.2 Å². The molecule has 12 aromatic carbocycles. The van der Waals surface area contributed by atoms with Gasteiger partial charge in [0.05, 0.1) is 34.1 Å². The third-order valence-electron chi connectivity index (χ3n) is 15.4. The van der Waals surface area contributed by atoms with E-state index in [-0.39, 0.29) is 11.8 Å². The first-order valence-corrected chi connectivity index (χ1v) is 25.9. The molecule has 0 unspecified atom stereocenters. The van der Waals surface area contributed by atoms with Gasteiger partial charge in [-0.2, -0.15) is 0 Å². The zero-order chi connectivity index (χ0) is 49.6. The van der Waals surface area contributed by atoms with Gasteiger partial charge in [0.15, 0.2) is 11.2 Å². The number of hydrogen-bond acceptors (Lipinski definition) is 4. The Morgan fingerprint density at radius 2 is 0.635 bits per heavy atom. The summed E-state index contributed by atoms with van der Waals surface area (Å²) in [7, 11) is 0. The summed E-state index contributed by atoms with van der Waals surface area (Å²) in [5.74, 6) is 0.408. The summed E-state index contributed by atoms with van der Waals surface area (Å²) in [5, 5.41) is 11.7. The fourth-order valence-electron chi connectivity index (χ4n) is 12.0. The lowest BCUT2D eigenvalue weighted by molar-refractivity contribution is 0.669. The van der Waals surface area contributed by atoms with Gasteiger partial charge >= 0.3 is 0 Å². The first-order chi connectivity index (χ1) is 36.4. The predicted octanol–water partition coefficient (Wildman–Crippen LogP) is 20.9. The Labute approximate surface area is 430 Å². The maximum Gasteiger partial charge on any atom is 0.159 e. The van der Waals surface area contributed by atoms with E-state index in [1.807, 2.05) is 0 Å². The number of para-hydroxylation sites is 6. The molecule has 0 saturated heterocycles. The number of rotatable bonds is 10. The predicted molar refractivity (Wildman–Crippen MR) is 313 cm³/mol. The van der Waals surface area contributed by atoms with Crippen molar-refractivity contribution in [1.82, 2.24) is 0 Å². The topological polar surface area (TPSA) is 32.8 Å². The van der Waals surface area contributed by atoms with Crippen LogP contribution in [0.1, 0.15) is 50.7 Å². The molecule has 0 N–H and O–H groups in total. The second-order valence-corrected chi connectivity index (χ2v) is 20.3. The molecule has 0 aliphatic rings. The van der Waals surface area contributed by atoms with Gasteiger partial charge in [0.2, 0.25) is 0 Å². The highest BCUT2D eigenvalue weighted by atomic mass is 16.3. The van der Waals surface area contributed by atoms with Crippen LogP contribution in [0.3, 0.4) is 0 Å². The normalized spacial score (nSPS) is 12.0. The third kappa shape index (κ3) is 6.75. The van der Waals surface area contributed by atoms with Crippen molar-refractivity contribution in [2.45, 2.75) is 39.5 Å². The van der Waals surface area contributed by atoms with Gasteiger partial charge in [-0.1, -0.05) is 210 Å². The van der Waals surface area contributed by atoms with Crippen molar-refractivity contribution in [1.29, 1.82) is 0 Å². The number of nitrogens with zero attached hydrogens (tertiary/aromatic N) is 2. The summed E-state index contributed by atoms with van der Waals surface area (Å²) in [4.78, 5) is 4.97. The first-order valence-electron chi connectivity index (χ1n) is 25.9. The minimum atomic E-state index is 0.204. The highest BCUT2D eigenvalue weighted by Crippen LogP contribution is 2.54. The van der Waals surface area contributed by atoms with Gasteiger partial charge in [-0.15, -0.1) is 0 Å². The van der Waals surface area contributed by atoms with E-state index in [2.05, 4.69) is 268 Å². The number of benzene rings is 12. The zero-order valence-electron chi connectivity index (χ0n) is 41.8. The molecule has 0 saturated carbocycles. The molecule has 0 atom stereocenters. The standard InChI is InChI=1S/C70H52N2O2/c1-43(2)57-41-63(71(59-31-15-11-25-47(59)45-21-7-5-8-22-45)61-33-19-29-53-49-27-13-17-35-65(49)73-69(53)61)55-40-38-52-58(44(3)4)42-64(56-39-37-51(57)67(55)68(52)56)72(60-32-16-12-26-48(60)46-23-9-6-10-24-46)62-34-20-30-54-50-28-14-18-36-66(50)74-70(54)62/h5-44H,1-4H3. The van der Waals surface area contributed by atoms with E-state index in [0.717, 1.165) is 100 Å². The van der Waals surface area contributed by atoms with Crippen molar-refractivity contribution in [3.63, 3.8) is 0 Å². The molecule has 2 heterocycles. The lowest BCUT2D eigenvalue weighted by Crippen LogP contribution is -2.14. The van der Waals surface area contributed by atoms with Crippen molar-refractivity contribution < 1.29 is 8.83 Å². The van der Waals surface area contributed by atoms with E-state index in [4.69, 9.17) is 8.83 Å². The van der Waals surface area contributed by atoms with Gasteiger partial charge in [-0.05, 0) is 104 Å². The van der Waals surface area contributed by atoms with E-state index in [9.17, 15) is 0 Å². The first kappa shape index (κ1) is 43.7. The van der Waals surface area contributed by atoms with Crippen LogP contribution in [0.5, 0.6) is 0 Å². The summed E-state index contributed by atoms with van der Waals surface area (Å²) in [6.07, 6.45) is 0. The Morgan fingerprint density at radius 1 is 0.284 bits per heavy atom. The number of fused-ring (bicyclic) bond motifs is 6. The maximum absolute atomic E-state index is 6.96. The van der Waals surface area contributed by atoms with Gasteiger partial charge < -0.3 is 18.6 Å². The van der Waals surface area contributed by atoms with Crippen LogP contribution >= 0.6 is 0 Å². The summed E-state index contributed by atoms with van der Waals surface area (Å²) in [6, 6.07) is 83.7. The van der Waals surface area contributed by atoms with Crippen LogP contribution in [0.15, 0.2) is 239 Å². The summed E-state index contributed by atoms with van der Waals surface area (Å²) < 4.78 is 13.9. The lowest BCUT2D eigenvalue weighted by atomic mass is 9.83. The quantitative estimate of drug-likeness (QED) is 0.128. The van der Waals surface area contributed by atoms with Crippen LogP contribution in [-0.4, -0.2) is 0 Å². The van der Waals surface area contributed by atoms with Crippen LogP contribution in [0.2, 0.25) is 0 Å². The molecule has 0 bridgehead atoms. The molecule has 0 aliphatic carbocycles. The Morgan fingerprint density at radius 3 is 1.07 bits per heavy atom. The van der Waals surface area contributed by atoms with Gasteiger partial charge in [-0.3, -0.25) is 0 Å². The Bertz CT molecular complexity index is 4160. The largest absolute Gasteiger partial charge is 0.454 e. The molecule has 14 aromatic rings. The summed E-state index contributed by atoms with van der Waals surface area (Å²) >= 11 is 0. The van der Waals surface area contributed by atoms with Crippen molar-refractivity contribution in [2.75, 3.05) is 9.80 Å². The van der Waals surface area contributed by atoms with Crippen molar-refractivity contribution >= 4 is 110 Å². The van der Waals surface area contributed by atoms with E-state index >= 15 is 0 Å².